The first kappa shape index (κ1) is 16.7. The molecule has 1 aliphatic heterocycles. The maximum Gasteiger partial charge on any atom is 0.290 e. The molecule has 1 amide bonds. The Morgan fingerprint density at radius 3 is 2.33 bits per heavy atom. The number of ketones is 1. The van der Waals surface area contributed by atoms with E-state index in [4.69, 9.17) is 0 Å². The Kier molecular flexibility index (Phi) is 4.74. The number of hydrogen-bond donors (Lipinski definition) is 1. The Morgan fingerprint density at radius 1 is 1.17 bits per heavy atom. The highest BCUT2D eigenvalue weighted by molar-refractivity contribution is 6.09. The molecule has 0 radical (unpaired) electrons. The minimum Gasteiger partial charge on any atom is -0.503 e. The minimum atomic E-state index is -0.445. The largest absolute Gasteiger partial charge is 0.503 e. The topological polar surface area (TPSA) is 57.6 Å². The summed E-state index contributed by atoms with van der Waals surface area (Å²) in [6.07, 6.45) is 5.29. The van der Waals surface area contributed by atoms with Crippen molar-refractivity contribution in [3.05, 3.63) is 46.7 Å². The van der Waals surface area contributed by atoms with E-state index in [9.17, 15) is 14.7 Å². The van der Waals surface area contributed by atoms with E-state index in [0.717, 1.165) is 37.7 Å². The van der Waals surface area contributed by atoms with Crippen LogP contribution < -0.4 is 0 Å². The Hall–Kier alpha value is -2.10. The molecule has 24 heavy (non-hydrogen) atoms. The van der Waals surface area contributed by atoms with Crippen molar-refractivity contribution in [3.8, 4) is 0 Å². The second-order valence-corrected chi connectivity index (χ2v) is 6.69. The second kappa shape index (κ2) is 6.80. The quantitative estimate of drug-likeness (QED) is 0.893. The van der Waals surface area contributed by atoms with Gasteiger partial charge in [0.1, 0.15) is 0 Å². The van der Waals surface area contributed by atoms with Gasteiger partial charge in [-0.1, -0.05) is 51.0 Å². The van der Waals surface area contributed by atoms with Crippen molar-refractivity contribution in [1.29, 1.82) is 0 Å². The SMILES string of the molecule is CCC(=O)C1=C(O)C(=O)N(C2CCCC2)C1c1ccc(CC)cc1. The van der Waals surface area contributed by atoms with Gasteiger partial charge in [-0.25, -0.2) is 0 Å². The first-order valence-electron chi connectivity index (χ1n) is 8.96. The highest BCUT2D eigenvalue weighted by Gasteiger charge is 2.46. The predicted molar refractivity (Wildman–Crippen MR) is 92.6 cm³/mol. The summed E-state index contributed by atoms with van der Waals surface area (Å²) in [5, 5.41) is 10.4. The van der Waals surface area contributed by atoms with Crippen molar-refractivity contribution in [1.82, 2.24) is 4.90 Å². The Balaban J connectivity index is 2.05. The van der Waals surface area contributed by atoms with Gasteiger partial charge >= 0.3 is 0 Å². The summed E-state index contributed by atoms with van der Waals surface area (Å²) in [6.45, 7) is 3.86. The Labute approximate surface area is 143 Å². The molecule has 1 aliphatic carbocycles. The smallest absolute Gasteiger partial charge is 0.290 e. The molecule has 0 spiro atoms. The van der Waals surface area contributed by atoms with E-state index in [1.54, 1.807) is 11.8 Å². The summed E-state index contributed by atoms with van der Waals surface area (Å²) >= 11 is 0. The van der Waals surface area contributed by atoms with Gasteiger partial charge in [0.25, 0.3) is 5.91 Å². The molecule has 1 aromatic rings. The number of benzene rings is 1. The van der Waals surface area contributed by atoms with Crippen molar-refractivity contribution in [2.75, 3.05) is 0 Å². The average Bonchev–Trinajstić information content (AvgIpc) is 3.22. The maximum atomic E-state index is 12.7. The molecule has 3 rings (SSSR count). The molecule has 1 unspecified atom stereocenters. The first-order valence-corrected chi connectivity index (χ1v) is 8.96. The second-order valence-electron chi connectivity index (χ2n) is 6.69. The molecule has 0 aromatic heterocycles. The highest BCUT2D eigenvalue weighted by atomic mass is 16.3. The minimum absolute atomic E-state index is 0.109. The number of carbonyl (C=O) groups is 2. The van der Waals surface area contributed by atoms with Crippen molar-refractivity contribution in [2.24, 2.45) is 0 Å². The maximum absolute atomic E-state index is 12.7. The van der Waals surface area contributed by atoms with Crippen molar-refractivity contribution in [2.45, 2.75) is 64.5 Å². The van der Waals surface area contributed by atoms with Crippen LogP contribution in [0.15, 0.2) is 35.6 Å². The molecular formula is C20H25NO3. The first-order chi connectivity index (χ1) is 11.6. The van der Waals surface area contributed by atoms with Crippen LogP contribution in [0.1, 0.15) is 63.1 Å². The molecule has 2 aliphatic rings. The lowest BCUT2D eigenvalue weighted by Crippen LogP contribution is -2.38. The fourth-order valence-electron chi connectivity index (χ4n) is 3.92. The van der Waals surface area contributed by atoms with Crippen LogP contribution in [0.2, 0.25) is 0 Å². The number of rotatable bonds is 5. The number of hydrogen-bond acceptors (Lipinski definition) is 3. The van der Waals surface area contributed by atoms with E-state index in [1.807, 2.05) is 24.3 Å². The van der Waals surface area contributed by atoms with Gasteiger partial charge in [0, 0.05) is 12.5 Å². The summed E-state index contributed by atoms with van der Waals surface area (Å²) in [7, 11) is 0. The van der Waals surface area contributed by atoms with Gasteiger partial charge in [0.2, 0.25) is 0 Å². The van der Waals surface area contributed by atoms with Crippen LogP contribution in [0.4, 0.5) is 0 Å². The number of carbonyl (C=O) groups excluding carboxylic acids is 2. The molecule has 1 atom stereocenters. The molecule has 1 saturated carbocycles. The molecular weight excluding hydrogens is 302 g/mol. The van der Waals surface area contributed by atoms with Gasteiger partial charge in [0.05, 0.1) is 11.6 Å². The molecule has 128 valence electrons. The van der Waals surface area contributed by atoms with Crippen LogP contribution in [0.3, 0.4) is 0 Å². The number of nitrogens with zero attached hydrogens (tertiary/aromatic N) is 1. The lowest BCUT2D eigenvalue weighted by molar-refractivity contribution is -0.131. The van der Waals surface area contributed by atoms with Crippen LogP contribution in [0.25, 0.3) is 0 Å². The summed E-state index contributed by atoms with van der Waals surface area (Å²) in [4.78, 5) is 26.9. The molecule has 4 heteroatoms. The van der Waals surface area contributed by atoms with Crippen LogP contribution in [0.5, 0.6) is 0 Å². The fraction of sp³-hybridized carbons (Fsp3) is 0.500. The van der Waals surface area contributed by atoms with E-state index in [2.05, 4.69) is 6.92 Å². The number of Topliss-reactive ketones (excluding diaryl/α,β-unsaturated/α-hetero) is 1. The van der Waals surface area contributed by atoms with Crippen molar-refractivity contribution >= 4 is 11.7 Å². The van der Waals surface area contributed by atoms with Crippen LogP contribution in [-0.4, -0.2) is 27.7 Å². The van der Waals surface area contributed by atoms with E-state index >= 15 is 0 Å². The van der Waals surface area contributed by atoms with E-state index in [0.29, 0.717) is 0 Å². The molecule has 1 N–H and O–H groups in total. The Bertz CT molecular complexity index is 669. The summed E-state index contributed by atoms with van der Waals surface area (Å²) in [6, 6.07) is 7.71. The molecule has 0 saturated heterocycles. The van der Waals surface area contributed by atoms with Gasteiger partial charge in [-0.05, 0) is 30.4 Å². The number of aryl methyl sites for hydroxylation is 1. The summed E-state index contributed by atoms with van der Waals surface area (Å²) in [5.41, 5.74) is 2.40. The van der Waals surface area contributed by atoms with Gasteiger partial charge in [-0.15, -0.1) is 0 Å². The Morgan fingerprint density at radius 2 is 1.79 bits per heavy atom. The third-order valence-corrected chi connectivity index (χ3v) is 5.29. The third kappa shape index (κ3) is 2.74. The van der Waals surface area contributed by atoms with Crippen LogP contribution in [-0.2, 0) is 16.0 Å². The summed E-state index contributed by atoms with van der Waals surface area (Å²) < 4.78 is 0. The van der Waals surface area contributed by atoms with Crippen molar-refractivity contribution in [3.63, 3.8) is 0 Å². The summed E-state index contributed by atoms with van der Waals surface area (Å²) in [5.74, 6) is -0.882. The van der Waals surface area contributed by atoms with Gasteiger partial charge in [0.15, 0.2) is 11.5 Å². The zero-order chi connectivity index (χ0) is 17.3. The van der Waals surface area contributed by atoms with Crippen LogP contribution in [0, 0.1) is 0 Å². The van der Waals surface area contributed by atoms with Gasteiger partial charge < -0.3 is 10.0 Å². The number of aliphatic hydroxyl groups excluding tert-OH is 1. The van der Waals surface area contributed by atoms with Crippen molar-refractivity contribution < 1.29 is 14.7 Å². The standard InChI is InChI=1S/C20H25NO3/c1-3-13-9-11-14(12-10-13)18-17(16(22)4-2)19(23)20(24)21(18)15-7-5-6-8-15/h9-12,15,18,23H,3-8H2,1-2H3. The average molecular weight is 327 g/mol. The fourth-order valence-corrected chi connectivity index (χ4v) is 3.92. The normalized spacial score (nSPS) is 21.8. The lowest BCUT2D eigenvalue weighted by Gasteiger charge is -2.32. The van der Waals surface area contributed by atoms with E-state index in [-0.39, 0.29) is 35.5 Å². The van der Waals surface area contributed by atoms with Crippen LogP contribution >= 0.6 is 0 Å². The zero-order valence-electron chi connectivity index (χ0n) is 14.4. The predicted octanol–water partition coefficient (Wildman–Crippen LogP) is 3.87. The van der Waals surface area contributed by atoms with Gasteiger partial charge in [-0.3, -0.25) is 9.59 Å². The number of aliphatic hydroxyl groups is 1. The zero-order valence-corrected chi connectivity index (χ0v) is 14.4. The molecule has 0 bridgehead atoms. The third-order valence-electron chi connectivity index (χ3n) is 5.29. The van der Waals surface area contributed by atoms with Gasteiger partial charge in [-0.2, -0.15) is 0 Å². The monoisotopic (exact) mass is 327 g/mol. The molecule has 1 fully saturated rings. The molecule has 1 heterocycles. The molecule has 1 aromatic carbocycles. The molecule has 4 nitrogen and oxygen atoms in total. The van der Waals surface area contributed by atoms with E-state index < -0.39 is 6.04 Å². The highest BCUT2D eigenvalue weighted by Crippen LogP contribution is 2.42. The van der Waals surface area contributed by atoms with E-state index in [1.165, 1.54) is 5.56 Å². The number of amides is 1. The lowest BCUT2D eigenvalue weighted by atomic mass is 9.93.